The van der Waals surface area contributed by atoms with Gasteiger partial charge in [0, 0.05) is 26.2 Å². The zero-order valence-electron chi connectivity index (χ0n) is 18.0. The number of hydrogen-bond acceptors (Lipinski definition) is 4. The Morgan fingerprint density at radius 2 is 1.66 bits per heavy atom. The minimum Gasteiger partial charge on any atom is -0.459 e. The standard InChI is InChI=1S/C24H28FN3O4/c25-19-8-3-2-7-18(19)22(29)26-21(24(31)27-12-4-1-5-13-27)17-10-14-28(15-11-17)23(30)20-9-6-16-32-20/h2-3,6-9,16-17,21H,1,4-5,10-15H2,(H,26,29). The lowest BCUT2D eigenvalue weighted by Gasteiger charge is -2.38. The number of furan rings is 1. The van der Waals surface area contributed by atoms with Gasteiger partial charge in [0.15, 0.2) is 5.76 Å². The van der Waals surface area contributed by atoms with Gasteiger partial charge in [-0.15, -0.1) is 0 Å². The minimum absolute atomic E-state index is 0.0747. The molecule has 0 aliphatic carbocycles. The molecule has 2 aliphatic heterocycles. The van der Waals surface area contributed by atoms with E-state index in [-0.39, 0.29) is 29.1 Å². The van der Waals surface area contributed by atoms with Gasteiger partial charge in [0.2, 0.25) is 5.91 Å². The van der Waals surface area contributed by atoms with Crippen LogP contribution in [0.5, 0.6) is 0 Å². The molecule has 1 N–H and O–H groups in total. The summed E-state index contributed by atoms with van der Waals surface area (Å²) in [5.74, 6) is -1.36. The van der Waals surface area contributed by atoms with Crippen LogP contribution in [0.3, 0.4) is 0 Å². The van der Waals surface area contributed by atoms with E-state index in [0.29, 0.717) is 39.0 Å². The predicted molar refractivity (Wildman–Crippen MR) is 115 cm³/mol. The van der Waals surface area contributed by atoms with E-state index in [2.05, 4.69) is 5.32 Å². The Bertz CT molecular complexity index is 948. The molecule has 170 valence electrons. The Morgan fingerprint density at radius 1 is 0.938 bits per heavy atom. The second-order valence-corrected chi connectivity index (χ2v) is 8.42. The third-order valence-corrected chi connectivity index (χ3v) is 6.37. The van der Waals surface area contributed by atoms with Crippen LogP contribution in [0.2, 0.25) is 0 Å². The molecule has 3 heterocycles. The normalized spacial score (nSPS) is 18.3. The smallest absolute Gasteiger partial charge is 0.289 e. The van der Waals surface area contributed by atoms with Gasteiger partial charge >= 0.3 is 0 Å². The molecule has 4 rings (SSSR count). The maximum absolute atomic E-state index is 14.2. The third-order valence-electron chi connectivity index (χ3n) is 6.37. The van der Waals surface area contributed by atoms with Crippen molar-refractivity contribution < 1.29 is 23.2 Å². The van der Waals surface area contributed by atoms with Gasteiger partial charge in [-0.3, -0.25) is 14.4 Å². The van der Waals surface area contributed by atoms with E-state index < -0.39 is 17.8 Å². The number of nitrogens with one attached hydrogen (secondary N) is 1. The van der Waals surface area contributed by atoms with Gasteiger partial charge in [-0.2, -0.15) is 0 Å². The van der Waals surface area contributed by atoms with E-state index in [1.165, 1.54) is 24.5 Å². The zero-order chi connectivity index (χ0) is 22.5. The maximum Gasteiger partial charge on any atom is 0.289 e. The van der Waals surface area contributed by atoms with Crippen LogP contribution in [-0.2, 0) is 4.79 Å². The summed E-state index contributed by atoms with van der Waals surface area (Å²) in [7, 11) is 0. The Labute approximate surface area is 186 Å². The van der Waals surface area contributed by atoms with E-state index in [1.54, 1.807) is 28.0 Å². The van der Waals surface area contributed by atoms with Gasteiger partial charge in [-0.25, -0.2) is 4.39 Å². The van der Waals surface area contributed by atoms with Crippen LogP contribution in [0.1, 0.15) is 53.0 Å². The summed E-state index contributed by atoms with van der Waals surface area (Å²) in [4.78, 5) is 42.3. The van der Waals surface area contributed by atoms with Gasteiger partial charge in [0.1, 0.15) is 11.9 Å². The van der Waals surface area contributed by atoms with Crippen molar-refractivity contribution in [2.24, 2.45) is 5.92 Å². The lowest BCUT2D eigenvalue weighted by atomic mass is 9.87. The summed E-state index contributed by atoms with van der Waals surface area (Å²) in [6, 6.07) is 8.32. The molecule has 3 amide bonds. The van der Waals surface area contributed by atoms with Crippen molar-refractivity contribution in [3.8, 4) is 0 Å². The lowest BCUT2D eigenvalue weighted by Crippen LogP contribution is -2.55. The Kier molecular flexibility index (Phi) is 6.87. The molecule has 1 unspecified atom stereocenters. The SMILES string of the molecule is O=C(NC(C(=O)N1CCCCC1)C1CCN(C(=O)c2ccco2)CC1)c1ccccc1F. The highest BCUT2D eigenvalue weighted by Crippen LogP contribution is 2.25. The summed E-state index contributed by atoms with van der Waals surface area (Å²) in [6.45, 7) is 2.26. The molecule has 0 spiro atoms. The lowest BCUT2D eigenvalue weighted by molar-refractivity contribution is -0.136. The van der Waals surface area contributed by atoms with E-state index >= 15 is 0 Å². The summed E-state index contributed by atoms with van der Waals surface area (Å²) < 4.78 is 19.4. The first-order chi connectivity index (χ1) is 15.5. The number of amides is 3. The zero-order valence-corrected chi connectivity index (χ0v) is 18.0. The summed E-state index contributed by atoms with van der Waals surface area (Å²) in [6.07, 6.45) is 5.56. The molecule has 1 aromatic carbocycles. The molecule has 1 atom stereocenters. The first kappa shape index (κ1) is 22.0. The van der Waals surface area contributed by atoms with Gasteiger partial charge < -0.3 is 19.5 Å². The van der Waals surface area contributed by atoms with Gasteiger partial charge in [0.25, 0.3) is 11.8 Å². The fourth-order valence-electron chi connectivity index (χ4n) is 4.55. The molecule has 7 nitrogen and oxygen atoms in total. The molecular weight excluding hydrogens is 413 g/mol. The van der Waals surface area contributed by atoms with Crippen molar-refractivity contribution in [3.05, 3.63) is 59.8 Å². The first-order valence-electron chi connectivity index (χ1n) is 11.2. The molecule has 0 bridgehead atoms. The van der Waals surface area contributed by atoms with Crippen molar-refractivity contribution in [2.45, 2.75) is 38.1 Å². The fourth-order valence-corrected chi connectivity index (χ4v) is 4.55. The highest BCUT2D eigenvalue weighted by atomic mass is 19.1. The van der Waals surface area contributed by atoms with Crippen LogP contribution < -0.4 is 5.32 Å². The van der Waals surface area contributed by atoms with Crippen molar-refractivity contribution in [2.75, 3.05) is 26.2 Å². The predicted octanol–water partition coefficient (Wildman–Crippen LogP) is 3.08. The van der Waals surface area contributed by atoms with Gasteiger partial charge in [-0.05, 0) is 62.3 Å². The molecular formula is C24H28FN3O4. The number of benzene rings is 1. The monoisotopic (exact) mass is 441 g/mol. The minimum atomic E-state index is -0.749. The summed E-state index contributed by atoms with van der Waals surface area (Å²) in [5, 5.41) is 2.82. The molecule has 2 saturated heterocycles. The van der Waals surface area contributed by atoms with Gasteiger partial charge in [-0.1, -0.05) is 12.1 Å². The quantitative estimate of drug-likeness (QED) is 0.773. The third kappa shape index (κ3) is 4.84. The van der Waals surface area contributed by atoms with E-state index in [9.17, 15) is 18.8 Å². The van der Waals surface area contributed by atoms with Crippen LogP contribution >= 0.6 is 0 Å². The second-order valence-electron chi connectivity index (χ2n) is 8.42. The van der Waals surface area contributed by atoms with Crippen molar-refractivity contribution in [1.29, 1.82) is 0 Å². The molecule has 8 heteroatoms. The molecule has 2 fully saturated rings. The number of piperidine rings is 2. The highest BCUT2D eigenvalue weighted by Gasteiger charge is 2.37. The Balaban J connectivity index is 1.47. The van der Waals surface area contributed by atoms with Crippen LogP contribution in [0, 0.1) is 11.7 Å². The maximum atomic E-state index is 14.2. The van der Waals surface area contributed by atoms with Crippen LogP contribution in [0.25, 0.3) is 0 Å². The number of carbonyl (C=O) groups excluding carboxylic acids is 3. The number of rotatable bonds is 5. The molecule has 2 aliphatic rings. The van der Waals surface area contributed by atoms with E-state index in [0.717, 1.165) is 19.3 Å². The van der Waals surface area contributed by atoms with Crippen LogP contribution in [0.15, 0.2) is 47.1 Å². The number of halogens is 1. The van der Waals surface area contributed by atoms with Crippen molar-refractivity contribution >= 4 is 17.7 Å². The van der Waals surface area contributed by atoms with Gasteiger partial charge in [0.05, 0.1) is 11.8 Å². The van der Waals surface area contributed by atoms with Crippen LogP contribution in [0.4, 0.5) is 4.39 Å². The van der Waals surface area contributed by atoms with E-state index in [1.807, 2.05) is 0 Å². The van der Waals surface area contributed by atoms with Crippen molar-refractivity contribution in [1.82, 2.24) is 15.1 Å². The molecule has 0 saturated carbocycles. The molecule has 0 radical (unpaired) electrons. The van der Waals surface area contributed by atoms with Crippen LogP contribution in [-0.4, -0.2) is 59.7 Å². The Morgan fingerprint density at radius 3 is 2.31 bits per heavy atom. The van der Waals surface area contributed by atoms with Crippen molar-refractivity contribution in [3.63, 3.8) is 0 Å². The first-order valence-corrected chi connectivity index (χ1v) is 11.2. The Hall–Kier alpha value is -3.16. The molecule has 1 aromatic heterocycles. The number of likely N-dealkylation sites (tertiary alicyclic amines) is 2. The largest absolute Gasteiger partial charge is 0.459 e. The second kappa shape index (κ2) is 9.97. The number of nitrogens with zero attached hydrogens (tertiary/aromatic N) is 2. The fraction of sp³-hybridized carbons (Fsp3) is 0.458. The van der Waals surface area contributed by atoms with E-state index in [4.69, 9.17) is 4.42 Å². The number of hydrogen-bond donors (Lipinski definition) is 1. The highest BCUT2D eigenvalue weighted by molar-refractivity contribution is 5.98. The summed E-state index contributed by atoms with van der Waals surface area (Å²) >= 11 is 0. The molecule has 32 heavy (non-hydrogen) atoms. The number of carbonyl (C=O) groups is 3. The topological polar surface area (TPSA) is 82.9 Å². The molecule has 2 aromatic rings. The summed E-state index contributed by atoms with van der Waals surface area (Å²) in [5.41, 5.74) is -0.0747. The average molecular weight is 442 g/mol. The average Bonchev–Trinajstić information content (AvgIpc) is 3.37.